The van der Waals surface area contributed by atoms with Crippen molar-refractivity contribution in [3.63, 3.8) is 0 Å². The molecule has 2 rings (SSSR count). The molecule has 7 heteroatoms. The minimum Gasteiger partial charge on any atom is -0.496 e. The van der Waals surface area contributed by atoms with Gasteiger partial charge in [-0.25, -0.2) is 0 Å². The first-order chi connectivity index (χ1) is 10.2. The molecule has 0 unspecified atom stereocenters. The Kier molecular flexibility index (Phi) is 5.24. The lowest BCUT2D eigenvalue weighted by molar-refractivity contribution is -0.121. The van der Waals surface area contributed by atoms with E-state index in [1.54, 1.807) is 14.2 Å². The van der Waals surface area contributed by atoms with Gasteiger partial charge in [-0.3, -0.25) is 9.69 Å². The van der Waals surface area contributed by atoms with Crippen molar-refractivity contribution in [2.75, 3.05) is 32.8 Å². The summed E-state index contributed by atoms with van der Waals surface area (Å²) in [6.07, 6.45) is 0.619. The first kappa shape index (κ1) is 15.4. The van der Waals surface area contributed by atoms with Gasteiger partial charge in [-0.15, -0.1) is 10.2 Å². The third-order valence-electron chi connectivity index (χ3n) is 2.92. The van der Waals surface area contributed by atoms with Gasteiger partial charge in [0.15, 0.2) is 0 Å². The van der Waals surface area contributed by atoms with Gasteiger partial charge in [-0.05, 0) is 6.07 Å². The molecular weight excluding hydrogens is 290 g/mol. The van der Waals surface area contributed by atoms with Crippen LogP contribution in [0.1, 0.15) is 10.6 Å². The van der Waals surface area contributed by atoms with E-state index in [1.165, 1.54) is 23.3 Å². The molecular formula is C14H17N3O3S. The molecule has 21 heavy (non-hydrogen) atoms. The number of rotatable bonds is 6. The fourth-order valence-electron chi connectivity index (χ4n) is 1.79. The predicted octanol–water partition coefficient (Wildman–Crippen LogP) is 1.75. The van der Waals surface area contributed by atoms with Crippen molar-refractivity contribution in [1.82, 2.24) is 10.2 Å². The lowest BCUT2D eigenvalue weighted by atomic mass is 10.1. The number of amides is 1. The Morgan fingerprint density at radius 3 is 2.76 bits per heavy atom. The summed E-state index contributed by atoms with van der Waals surface area (Å²) < 4.78 is 10.1. The minimum atomic E-state index is -0.155. The second-order valence-corrected chi connectivity index (χ2v) is 5.39. The molecule has 0 N–H and O–H groups in total. The lowest BCUT2D eigenvalue weighted by Gasteiger charge is -2.11. The fraction of sp³-hybridized carbons (Fsp3) is 0.357. The summed E-state index contributed by atoms with van der Waals surface area (Å²) in [5, 5.41) is 9.56. The molecule has 6 nitrogen and oxygen atoms in total. The van der Waals surface area contributed by atoms with Crippen molar-refractivity contribution in [1.29, 1.82) is 0 Å². The Balaban J connectivity index is 2.11. The van der Waals surface area contributed by atoms with Gasteiger partial charge in [-0.2, -0.15) is 0 Å². The van der Waals surface area contributed by atoms with E-state index in [1.807, 2.05) is 24.3 Å². The normalized spacial score (nSPS) is 10.4. The van der Waals surface area contributed by atoms with E-state index in [4.69, 9.17) is 9.47 Å². The number of benzene rings is 1. The highest BCUT2D eigenvalue weighted by molar-refractivity contribution is 7.15. The first-order valence-corrected chi connectivity index (χ1v) is 7.17. The quantitative estimate of drug-likeness (QED) is 0.813. The molecule has 0 saturated carbocycles. The maximum Gasteiger partial charge on any atom is 0.254 e. The van der Waals surface area contributed by atoms with E-state index in [0.29, 0.717) is 11.6 Å². The standard InChI is InChI=1S/C14H17N3O3S/c1-17(13(18)9-19-2)14-16-15-12(21-14)8-10-6-4-5-7-11(10)20-3/h4-7H,8-9H2,1-3H3. The van der Waals surface area contributed by atoms with Gasteiger partial charge in [-0.1, -0.05) is 29.5 Å². The summed E-state index contributed by atoms with van der Waals surface area (Å²) in [5.74, 6) is 0.663. The molecule has 1 amide bonds. The van der Waals surface area contributed by atoms with Crippen LogP contribution >= 0.6 is 11.3 Å². The fourth-order valence-corrected chi connectivity index (χ4v) is 2.63. The number of nitrogens with zero attached hydrogens (tertiary/aromatic N) is 3. The number of hydrogen-bond acceptors (Lipinski definition) is 6. The third kappa shape index (κ3) is 3.77. The number of ether oxygens (including phenoxy) is 2. The van der Waals surface area contributed by atoms with Crippen LogP contribution in [0.2, 0.25) is 0 Å². The Bertz CT molecular complexity index is 615. The highest BCUT2D eigenvalue weighted by Crippen LogP contribution is 2.25. The van der Waals surface area contributed by atoms with Gasteiger partial charge >= 0.3 is 0 Å². The van der Waals surface area contributed by atoms with Crippen LogP contribution in [0, 0.1) is 0 Å². The molecule has 0 atom stereocenters. The molecule has 1 aromatic heterocycles. The molecule has 0 aliphatic rings. The van der Waals surface area contributed by atoms with Crippen molar-refractivity contribution in [3.05, 3.63) is 34.8 Å². The number of para-hydroxylation sites is 1. The molecule has 2 aromatic rings. The molecule has 0 spiro atoms. The van der Waals surface area contributed by atoms with E-state index in [-0.39, 0.29) is 12.5 Å². The highest BCUT2D eigenvalue weighted by Gasteiger charge is 2.16. The van der Waals surface area contributed by atoms with Crippen LogP contribution in [-0.4, -0.2) is 44.0 Å². The topological polar surface area (TPSA) is 64.5 Å². The van der Waals surface area contributed by atoms with Crippen LogP contribution in [0.5, 0.6) is 5.75 Å². The maximum absolute atomic E-state index is 11.7. The summed E-state index contributed by atoms with van der Waals surface area (Å²) in [5.41, 5.74) is 1.04. The van der Waals surface area contributed by atoms with E-state index >= 15 is 0 Å². The zero-order chi connectivity index (χ0) is 15.2. The molecule has 0 saturated heterocycles. The predicted molar refractivity (Wildman–Crippen MR) is 81.0 cm³/mol. The maximum atomic E-state index is 11.7. The van der Waals surface area contributed by atoms with Crippen LogP contribution in [-0.2, 0) is 16.0 Å². The smallest absolute Gasteiger partial charge is 0.254 e. The average Bonchev–Trinajstić information content (AvgIpc) is 2.95. The second-order valence-electron chi connectivity index (χ2n) is 4.35. The number of anilines is 1. The van der Waals surface area contributed by atoms with Gasteiger partial charge in [0.1, 0.15) is 17.4 Å². The van der Waals surface area contributed by atoms with Gasteiger partial charge in [0.25, 0.3) is 5.91 Å². The van der Waals surface area contributed by atoms with Gasteiger partial charge in [0.2, 0.25) is 5.13 Å². The second kappa shape index (κ2) is 7.14. The number of aromatic nitrogens is 2. The molecule has 0 radical (unpaired) electrons. The van der Waals surface area contributed by atoms with Crippen LogP contribution in [0.25, 0.3) is 0 Å². The Labute approximate surface area is 127 Å². The largest absolute Gasteiger partial charge is 0.496 e. The summed E-state index contributed by atoms with van der Waals surface area (Å²) in [4.78, 5) is 13.2. The SMILES string of the molecule is COCC(=O)N(C)c1nnc(Cc2ccccc2OC)s1. The van der Waals surface area contributed by atoms with Gasteiger partial charge < -0.3 is 9.47 Å². The first-order valence-electron chi connectivity index (χ1n) is 6.35. The molecule has 1 heterocycles. The summed E-state index contributed by atoms with van der Waals surface area (Å²) in [6, 6.07) is 7.77. The van der Waals surface area contributed by atoms with E-state index in [2.05, 4.69) is 10.2 Å². The van der Waals surface area contributed by atoms with E-state index in [9.17, 15) is 4.79 Å². The Morgan fingerprint density at radius 1 is 1.29 bits per heavy atom. The third-order valence-corrected chi connectivity index (χ3v) is 3.92. The Morgan fingerprint density at radius 2 is 2.05 bits per heavy atom. The molecule has 112 valence electrons. The van der Waals surface area contributed by atoms with Crippen molar-refractivity contribution in [3.8, 4) is 5.75 Å². The molecule has 0 fully saturated rings. The zero-order valence-corrected chi connectivity index (χ0v) is 13.0. The lowest BCUT2D eigenvalue weighted by Crippen LogP contribution is -2.29. The van der Waals surface area contributed by atoms with Gasteiger partial charge in [0.05, 0.1) is 7.11 Å². The Hall–Kier alpha value is -1.99. The van der Waals surface area contributed by atoms with Crippen molar-refractivity contribution in [2.24, 2.45) is 0 Å². The number of hydrogen-bond donors (Lipinski definition) is 0. The van der Waals surface area contributed by atoms with E-state index < -0.39 is 0 Å². The molecule has 0 bridgehead atoms. The van der Waals surface area contributed by atoms with Crippen molar-refractivity contribution in [2.45, 2.75) is 6.42 Å². The molecule has 1 aromatic carbocycles. The van der Waals surface area contributed by atoms with Crippen molar-refractivity contribution < 1.29 is 14.3 Å². The summed E-state index contributed by atoms with van der Waals surface area (Å²) in [7, 11) is 4.79. The van der Waals surface area contributed by atoms with Crippen LogP contribution in [0.4, 0.5) is 5.13 Å². The van der Waals surface area contributed by atoms with Crippen LogP contribution < -0.4 is 9.64 Å². The minimum absolute atomic E-state index is 0.0257. The van der Waals surface area contributed by atoms with Crippen molar-refractivity contribution >= 4 is 22.4 Å². The summed E-state index contributed by atoms with van der Waals surface area (Å²) >= 11 is 1.38. The highest BCUT2D eigenvalue weighted by atomic mass is 32.1. The number of carbonyl (C=O) groups excluding carboxylic acids is 1. The number of methoxy groups -OCH3 is 2. The summed E-state index contributed by atoms with van der Waals surface area (Å²) in [6.45, 7) is 0.0257. The van der Waals surface area contributed by atoms with E-state index in [0.717, 1.165) is 16.3 Å². The molecule has 0 aliphatic heterocycles. The number of carbonyl (C=O) groups is 1. The number of likely N-dealkylation sites (N-methyl/N-ethyl adjacent to an activating group) is 1. The molecule has 0 aliphatic carbocycles. The van der Waals surface area contributed by atoms with Gasteiger partial charge in [0, 0.05) is 26.1 Å². The monoisotopic (exact) mass is 307 g/mol. The average molecular weight is 307 g/mol. The van der Waals surface area contributed by atoms with Crippen LogP contribution in [0.3, 0.4) is 0 Å². The van der Waals surface area contributed by atoms with Crippen LogP contribution in [0.15, 0.2) is 24.3 Å². The zero-order valence-electron chi connectivity index (χ0n) is 12.2.